The van der Waals surface area contributed by atoms with E-state index in [-0.39, 0.29) is 25.0 Å². The van der Waals surface area contributed by atoms with Crippen LogP contribution >= 0.6 is 0 Å². The standard InChI is InChI=1S/C22H28N2O6S/c1-3-28-18-12-10-17(11-13-18)24(31(2,26)27)14-6-9-22(25)23-15-19-16-29-20-7-4-5-8-21(20)30-19/h4-5,7-8,10-13,19H,3,6,9,14-16H2,1-2H3,(H,23,25)/t19-/m1/s1. The van der Waals surface area contributed by atoms with Crippen molar-refractivity contribution in [3.8, 4) is 17.2 Å². The van der Waals surface area contributed by atoms with Gasteiger partial charge in [-0.15, -0.1) is 0 Å². The highest BCUT2D eigenvalue weighted by Gasteiger charge is 2.21. The van der Waals surface area contributed by atoms with Crippen LogP contribution in [0.5, 0.6) is 17.2 Å². The zero-order valence-electron chi connectivity index (χ0n) is 17.7. The van der Waals surface area contributed by atoms with Gasteiger partial charge < -0.3 is 19.5 Å². The zero-order valence-corrected chi connectivity index (χ0v) is 18.6. The Balaban J connectivity index is 1.46. The van der Waals surface area contributed by atoms with Crippen molar-refractivity contribution in [1.82, 2.24) is 5.32 Å². The average Bonchev–Trinajstić information content (AvgIpc) is 2.75. The van der Waals surface area contributed by atoms with E-state index in [0.29, 0.717) is 49.1 Å². The van der Waals surface area contributed by atoms with Crippen LogP contribution in [0.4, 0.5) is 5.69 Å². The third-order valence-corrected chi connectivity index (χ3v) is 5.89. The predicted octanol–water partition coefficient (Wildman–Crippen LogP) is 2.59. The molecule has 31 heavy (non-hydrogen) atoms. The fourth-order valence-corrected chi connectivity index (χ4v) is 4.19. The molecule has 8 nitrogen and oxygen atoms in total. The Morgan fingerprint density at radius 1 is 1.16 bits per heavy atom. The summed E-state index contributed by atoms with van der Waals surface area (Å²) in [6.07, 6.45) is 1.47. The molecule has 0 spiro atoms. The molecule has 0 radical (unpaired) electrons. The molecule has 3 rings (SSSR count). The highest BCUT2D eigenvalue weighted by atomic mass is 32.2. The Kier molecular flexibility index (Phi) is 7.62. The smallest absolute Gasteiger partial charge is 0.232 e. The molecule has 1 amide bonds. The summed E-state index contributed by atoms with van der Waals surface area (Å²) in [4.78, 5) is 12.2. The number of amides is 1. The molecule has 1 aliphatic heterocycles. The van der Waals surface area contributed by atoms with Crippen LogP contribution in [0, 0.1) is 0 Å². The monoisotopic (exact) mass is 448 g/mol. The lowest BCUT2D eigenvalue weighted by molar-refractivity contribution is -0.121. The Labute approximate surface area is 183 Å². The second-order valence-electron chi connectivity index (χ2n) is 7.17. The molecule has 1 N–H and O–H groups in total. The molecule has 0 unspecified atom stereocenters. The maximum Gasteiger partial charge on any atom is 0.232 e. The lowest BCUT2D eigenvalue weighted by Gasteiger charge is -2.26. The van der Waals surface area contributed by atoms with Crippen LogP contribution in [0.25, 0.3) is 0 Å². The normalized spacial score (nSPS) is 15.2. The highest BCUT2D eigenvalue weighted by molar-refractivity contribution is 7.92. The first kappa shape index (κ1) is 22.7. The van der Waals surface area contributed by atoms with E-state index in [1.165, 1.54) is 4.31 Å². The number of carbonyl (C=O) groups is 1. The van der Waals surface area contributed by atoms with Gasteiger partial charge in [-0.1, -0.05) is 12.1 Å². The van der Waals surface area contributed by atoms with E-state index in [1.54, 1.807) is 24.3 Å². The first-order valence-electron chi connectivity index (χ1n) is 10.2. The number of hydrogen-bond acceptors (Lipinski definition) is 6. The molecule has 0 aliphatic carbocycles. The average molecular weight is 449 g/mol. The molecular formula is C22H28N2O6S. The number of hydrogen-bond donors (Lipinski definition) is 1. The Bertz CT molecular complexity index is 978. The molecule has 168 valence electrons. The number of ether oxygens (including phenoxy) is 3. The van der Waals surface area contributed by atoms with Crippen molar-refractivity contribution < 1.29 is 27.4 Å². The van der Waals surface area contributed by atoms with E-state index in [9.17, 15) is 13.2 Å². The van der Waals surface area contributed by atoms with Crippen molar-refractivity contribution in [2.24, 2.45) is 0 Å². The minimum Gasteiger partial charge on any atom is -0.494 e. The third kappa shape index (κ3) is 6.52. The van der Waals surface area contributed by atoms with Crippen LogP contribution in [0.1, 0.15) is 19.8 Å². The molecule has 9 heteroatoms. The molecule has 0 bridgehead atoms. The number of benzene rings is 2. The molecule has 2 aromatic carbocycles. The Morgan fingerprint density at radius 3 is 2.55 bits per heavy atom. The SMILES string of the molecule is CCOc1ccc(N(CCCC(=O)NC[C@@H]2COc3ccccc3O2)S(C)(=O)=O)cc1. The summed E-state index contributed by atoms with van der Waals surface area (Å²) in [5.74, 6) is 1.87. The highest BCUT2D eigenvalue weighted by Crippen LogP contribution is 2.30. The van der Waals surface area contributed by atoms with Gasteiger partial charge in [-0.2, -0.15) is 0 Å². The second-order valence-corrected chi connectivity index (χ2v) is 9.07. The number of fused-ring (bicyclic) bond motifs is 1. The van der Waals surface area contributed by atoms with Gasteiger partial charge in [0.2, 0.25) is 15.9 Å². The topological polar surface area (TPSA) is 94.2 Å². The van der Waals surface area contributed by atoms with Crippen LogP contribution in [0.3, 0.4) is 0 Å². The molecule has 0 fully saturated rings. The summed E-state index contributed by atoms with van der Waals surface area (Å²) in [6.45, 7) is 3.30. The maximum absolute atomic E-state index is 12.2. The van der Waals surface area contributed by atoms with E-state index in [1.807, 2.05) is 31.2 Å². The summed E-state index contributed by atoms with van der Waals surface area (Å²) in [5, 5.41) is 2.83. The van der Waals surface area contributed by atoms with Crippen LogP contribution < -0.4 is 23.8 Å². The molecule has 1 heterocycles. The summed E-state index contributed by atoms with van der Waals surface area (Å²) in [6, 6.07) is 14.3. The summed E-state index contributed by atoms with van der Waals surface area (Å²) in [7, 11) is -3.47. The van der Waals surface area contributed by atoms with Gasteiger partial charge in [-0.3, -0.25) is 9.10 Å². The number of nitrogens with one attached hydrogen (secondary N) is 1. The van der Waals surface area contributed by atoms with Crippen LogP contribution in [0.15, 0.2) is 48.5 Å². The summed E-state index contributed by atoms with van der Waals surface area (Å²) in [5.41, 5.74) is 0.540. The molecule has 2 aromatic rings. The molecule has 0 aromatic heterocycles. The van der Waals surface area contributed by atoms with Crippen LogP contribution in [0.2, 0.25) is 0 Å². The number of carbonyl (C=O) groups excluding carboxylic acids is 1. The van der Waals surface area contributed by atoms with Gasteiger partial charge in [0.15, 0.2) is 11.5 Å². The maximum atomic E-state index is 12.2. The van der Waals surface area contributed by atoms with Gasteiger partial charge in [0, 0.05) is 13.0 Å². The second kappa shape index (κ2) is 10.4. The number of anilines is 1. The lowest BCUT2D eigenvalue weighted by Crippen LogP contribution is -2.41. The van der Waals surface area contributed by atoms with Gasteiger partial charge >= 0.3 is 0 Å². The van der Waals surface area contributed by atoms with Gasteiger partial charge in [0.05, 0.1) is 25.1 Å². The van der Waals surface area contributed by atoms with E-state index < -0.39 is 10.0 Å². The van der Waals surface area contributed by atoms with E-state index >= 15 is 0 Å². The van der Waals surface area contributed by atoms with Crippen molar-refractivity contribution in [2.45, 2.75) is 25.9 Å². The fraction of sp³-hybridized carbons (Fsp3) is 0.409. The largest absolute Gasteiger partial charge is 0.494 e. The van der Waals surface area contributed by atoms with Gasteiger partial charge in [0.1, 0.15) is 18.5 Å². The quantitative estimate of drug-likeness (QED) is 0.600. The van der Waals surface area contributed by atoms with Crippen molar-refractivity contribution in [3.63, 3.8) is 0 Å². The first-order valence-corrected chi connectivity index (χ1v) is 12.1. The molecule has 1 atom stereocenters. The zero-order chi connectivity index (χ0) is 22.3. The minimum atomic E-state index is -3.47. The molecule has 1 aliphatic rings. The van der Waals surface area contributed by atoms with Crippen molar-refractivity contribution in [2.75, 3.05) is 36.9 Å². The molecular weight excluding hydrogens is 420 g/mol. The van der Waals surface area contributed by atoms with Crippen LogP contribution in [-0.4, -0.2) is 53.0 Å². The van der Waals surface area contributed by atoms with Crippen molar-refractivity contribution in [1.29, 1.82) is 0 Å². The molecule has 0 saturated carbocycles. The lowest BCUT2D eigenvalue weighted by atomic mass is 10.2. The van der Waals surface area contributed by atoms with Gasteiger partial charge in [-0.25, -0.2) is 8.42 Å². The number of sulfonamides is 1. The summed E-state index contributed by atoms with van der Waals surface area (Å²) < 4.78 is 42.6. The van der Waals surface area contributed by atoms with E-state index in [2.05, 4.69) is 5.32 Å². The van der Waals surface area contributed by atoms with Crippen molar-refractivity contribution in [3.05, 3.63) is 48.5 Å². The number of nitrogens with zero attached hydrogens (tertiary/aromatic N) is 1. The first-order chi connectivity index (χ1) is 14.9. The number of para-hydroxylation sites is 2. The predicted molar refractivity (Wildman–Crippen MR) is 118 cm³/mol. The van der Waals surface area contributed by atoms with Crippen molar-refractivity contribution >= 4 is 21.6 Å². The van der Waals surface area contributed by atoms with Crippen LogP contribution in [-0.2, 0) is 14.8 Å². The third-order valence-electron chi connectivity index (χ3n) is 4.70. The minimum absolute atomic E-state index is 0.164. The fourth-order valence-electron chi connectivity index (χ4n) is 3.22. The summed E-state index contributed by atoms with van der Waals surface area (Å²) >= 11 is 0. The van der Waals surface area contributed by atoms with Gasteiger partial charge in [0.25, 0.3) is 0 Å². The van der Waals surface area contributed by atoms with Gasteiger partial charge in [-0.05, 0) is 49.7 Å². The Hall–Kier alpha value is -2.94. The van der Waals surface area contributed by atoms with E-state index in [4.69, 9.17) is 14.2 Å². The molecule has 0 saturated heterocycles. The Morgan fingerprint density at radius 2 is 1.87 bits per heavy atom. The number of rotatable bonds is 10. The van der Waals surface area contributed by atoms with E-state index in [0.717, 1.165) is 6.26 Å².